The Morgan fingerprint density at radius 3 is 2.53 bits per heavy atom. The van der Waals surface area contributed by atoms with Crippen LogP contribution in [0.1, 0.15) is 49.9 Å². The first-order valence-corrected chi connectivity index (χ1v) is 6.67. The van der Waals surface area contributed by atoms with Crippen molar-refractivity contribution in [2.75, 3.05) is 5.73 Å². The van der Waals surface area contributed by atoms with E-state index < -0.39 is 5.97 Å². The van der Waals surface area contributed by atoms with Crippen LogP contribution in [0.2, 0.25) is 0 Å². The number of anilines is 1. The number of hydrogen-bond acceptors (Lipinski definition) is 3. The van der Waals surface area contributed by atoms with Gasteiger partial charge in [0, 0.05) is 0 Å². The van der Waals surface area contributed by atoms with Gasteiger partial charge in [0.05, 0.1) is 17.4 Å². The van der Waals surface area contributed by atoms with Crippen molar-refractivity contribution in [1.82, 2.24) is 0 Å². The minimum Gasteiger partial charge on any atom is -0.488 e. The molecule has 104 valence electrons. The summed E-state index contributed by atoms with van der Waals surface area (Å²) in [5, 5.41) is 8.88. The molecular weight excluding hydrogens is 242 g/mol. The molecule has 0 atom stereocenters. The van der Waals surface area contributed by atoms with Gasteiger partial charge < -0.3 is 15.6 Å². The molecule has 0 amide bonds. The van der Waals surface area contributed by atoms with E-state index in [-0.39, 0.29) is 11.7 Å². The molecule has 0 unspecified atom stereocenters. The number of nitrogen functional groups attached to an aromatic ring is 1. The van der Waals surface area contributed by atoms with E-state index in [1.165, 1.54) is 12.1 Å². The maximum atomic E-state index is 10.8. The Labute approximate surface area is 113 Å². The Kier molecular flexibility index (Phi) is 3.69. The van der Waals surface area contributed by atoms with E-state index in [4.69, 9.17) is 15.6 Å². The Balaban J connectivity index is 2.02. The molecule has 4 heteroatoms. The van der Waals surface area contributed by atoms with Crippen molar-refractivity contribution in [2.45, 2.75) is 45.6 Å². The van der Waals surface area contributed by atoms with Gasteiger partial charge in [-0.3, -0.25) is 0 Å². The Hall–Kier alpha value is -1.71. The molecule has 1 aromatic rings. The summed E-state index contributed by atoms with van der Waals surface area (Å²) in [6, 6.07) is 4.63. The first kappa shape index (κ1) is 13.7. The SMILES string of the molecule is CC1(C)CCC(Oc2ccc(C(=O)O)cc2N)CC1. The van der Waals surface area contributed by atoms with Crippen molar-refractivity contribution in [1.29, 1.82) is 0 Å². The number of carboxylic acids is 1. The molecule has 0 saturated heterocycles. The van der Waals surface area contributed by atoms with E-state index in [1.807, 2.05) is 0 Å². The molecule has 0 aliphatic heterocycles. The molecular formula is C15H21NO3. The van der Waals surface area contributed by atoms with E-state index in [1.54, 1.807) is 6.07 Å². The molecule has 0 spiro atoms. The second kappa shape index (κ2) is 5.11. The minimum atomic E-state index is -0.974. The topological polar surface area (TPSA) is 72.5 Å². The second-order valence-corrected chi connectivity index (χ2v) is 6.04. The fraction of sp³-hybridized carbons (Fsp3) is 0.533. The van der Waals surface area contributed by atoms with Crippen molar-refractivity contribution in [3.05, 3.63) is 23.8 Å². The summed E-state index contributed by atoms with van der Waals surface area (Å²) >= 11 is 0. The maximum absolute atomic E-state index is 10.8. The minimum absolute atomic E-state index is 0.186. The van der Waals surface area contributed by atoms with Crippen LogP contribution in [-0.2, 0) is 0 Å². The Morgan fingerprint density at radius 1 is 1.37 bits per heavy atom. The lowest BCUT2D eigenvalue weighted by molar-refractivity contribution is 0.0696. The Bertz CT molecular complexity index is 472. The van der Waals surface area contributed by atoms with Gasteiger partial charge in [-0.1, -0.05) is 13.8 Å². The number of rotatable bonds is 3. The molecule has 1 aromatic carbocycles. The van der Waals surface area contributed by atoms with E-state index in [2.05, 4.69) is 13.8 Å². The summed E-state index contributed by atoms with van der Waals surface area (Å²) in [7, 11) is 0. The number of carbonyl (C=O) groups is 1. The van der Waals surface area contributed by atoms with Gasteiger partial charge in [0.2, 0.25) is 0 Å². The average molecular weight is 263 g/mol. The monoisotopic (exact) mass is 263 g/mol. The smallest absolute Gasteiger partial charge is 0.335 e. The highest BCUT2D eigenvalue weighted by molar-refractivity contribution is 5.89. The van der Waals surface area contributed by atoms with Crippen molar-refractivity contribution >= 4 is 11.7 Å². The molecule has 3 N–H and O–H groups in total. The van der Waals surface area contributed by atoms with Gasteiger partial charge in [-0.05, 0) is 49.3 Å². The zero-order chi connectivity index (χ0) is 14.0. The largest absolute Gasteiger partial charge is 0.488 e. The fourth-order valence-corrected chi connectivity index (χ4v) is 2.46. The van der Waals surface area contributed by atoms with Crippen LogP contribution < -0.4 is 10.5 Å². The number of hydrogen-bond donors (Lipinski definition) is 2. The molecule has 1 aliphatic rings. The number of nitrogens with two attached hydrogens (primary N) is 1. The van der Waals surface area contributed by atoms with Crippen LogP contribution in [0.4, 0.5) is 5.69 Å². The van der Waals surface area contributed by atoms with Crippen molar-refractivity contribution in [3.8, 4) is 5.75 Å². The highest BCUT2D eigenvalue weighted by atomic mass is 16.5. The molecule has 0 aromatic heterocycles. The highest BCUT2D eigenvalue weighted by Crippen LogP contribution is 2.37. The fourth-order valence-electron chi connectivity index (χ4n) is 2.46. The lowest BCUT2D eigenvalue weighted by Crippen LogP contribution is -2.28. The zero-order valence-corrected chi connectivity index (χ0v) is 11.5. The van der Waals surface area contributed by atoms with Crippen molar-refractivity contribution in [2.24, 2.45) is 5.41 Å². The molecule has 4 nitrogen and oxygen atoms in total. The summed E-state index contributed by atoms with van der Waals surface area (Å²) in [4.78, 5) is 10.8. The van der Waals surface area contributed by atoms with Crippen LogP contribution in [0.5, 0.6) is 5.75 Å². The van der Waals surface area contributed by atoms with Crippen molar-refractivity contribution in [3.63, 3.8) is 0 Å². The van der Waals surface area contributed by atoms with Crippen LogP contribution in [0.3, 0.4) is 0 Å². The van der Waals surface area contributed by atoms with Crippen LogP contribution in [0.15, 0.2) is 18.2 Å². The first-order chi connectivity index (χ1) is 8.87. The van der Waals surface area contributed by atoms with Gasteiger partial charge in [-0.15, -0.1) is 0 Å². The molecule has 1 aliphatic carbocycles. The third-order valence-corrected chi connectivity index (χ3v) is 3.84. The van der Waals surface area contributed by atoms with E-state index in [0.29, 0.717) is 16.9 Å². The molecule has 19 heavy (non-hydrogen) atoms. The molecule has 0 bridgehead atoms. The van der Waals surface area contributed by atoms with Gasteiger partial charge in [-0.25, -0.2) is 4.79 Å². The highest BCUT2D eigenvalue weighted by Gasteiger charge is 2.28. The standard InChI is InChI=1S/C15H21NO3/c1-15(2)7-5-11(6-8-15)19-13-4-3-10(14(17)18)9-12(13)16/h3-4,9,11H,5-8,16H2,1-2H3,(H,17,18). The van der Waals surface area contributed by atoms with Crippen molar-refractivity contribution < 1.29 is 14.6 Å². The zero-order valence-electron chi connectivity index (χ0n) is 11.5. The summed E-state index contributed by atoms with van der Waals surface area (Å²) < 4.78 is 5.90. The summed E-state index contributed by atoms with van der Waals surface area (Å²) in [6.45, 7) is 4.55. The third-order valence-electron chi connectivity index (χ3n) is 3.84. The van der Waals surface area contributed by atoms with E-state index in [9.17, 15) is 4.79 Å². The predicted molar refractivity (Wildman–Crippen MR) is 74.5 cm³/mol. The number of carboxylic acid groups (broad SMARTS) is 1. The lowest BCUT2D eigenvalue weighted by Gasteiger charge is -2.34. The quantitative estimate of drug-likeness (QED) is 0.820. The summed E-state index contributed by atoms with van der Waals surface area (Å²) in [5.74, 6) is -0.382. The second-order valence-electron chi connectivity index (χ2n) is 6.04. The first-order valence-electron chi connectivity index (χ1n) is 6.67. The number of benzene rings is 1. The van der Waals surface area contributed by atoms with Gasteiger partial charge in [-0.2, -0.15) is 0 Å². The van der Waals surface area contributed by atoms with E-state index in [0.717, 1.165) is 25.7 Å². The summed E-state index contributed by atoms with van der Waals surface area (Å²) in [6.07, 6.45) is 4.52. The predicted octanol–water partition coefficient (Wildman–Crippen LogP) is 3.31. The van der Waals surface area contributed by atoms with Crippen LogP contribution >= 0.6 is 0 Å². The molecule has 1 saturated carbocycles. The normalized spacial score (nSPS) is 19.1. The van der Waals surface area contributed by atoms with Crippen LogP contribution in [0.25, 0.3) is 0 Å². The van der Waals surface area contributed by atoms with Gasteiger partial charge in [0.1, 0.15) is 5.75 Å². The maximum Gasteiger partial charge on any atom is 0.335 e. The average Bonchev–Trinajstić information content (AvgIpc) is 2.34. The van der Waals surface area contributed by atoms with Gasteiger partial charge in [0.25, 0.3) is 0 Å². The molecule has 2 rings (SSSR count). The van der Waals surface area contributed by atoms with Gasteiger partial charge >= 0.3 is 5.97 Å². The number of ether oxygens (including phenoxy) is 1. The Morgan fingerprint density at radius 2 is 2.00 bits per heavy atom. The third kappa shape index (κ3) is 3.40. The molecule has 0 heterocycles. The number of aromatic carboxylic acids is 1. The lowest BCUT2D eigenvalue weighted by atomic mass is 9.76. The van der Waals surface area contributed by atoms with Crippen LogP contribution in [-0.4, -0.2) is 17.2 Å². The van der Waals surface area contributed by atoms with Gasteiger partial charge in [0.15, 0.2) is 0 Å². The molecule has 1 fully saturated rings. The van der Waals surface area contributed by atoms with E-state index >= 15 is 0 Å². The van der Waals surface area contributed by atoms with Crippen LogP contribution in [0, 0.1) is 5.41 Å². The molecule has 0 radical (unpaired) electrons. The summed E-state index contributed by atoms with van der Waals surface area (Å²) in [5.41, 5.74) is 6.83.